The van der Waals surface area contributed by atoms with Gasteiger partial charge >= 0.3 is 0 Å². The predicted octanol–water partition coefficient (Wildman–Crippen LogP) is 0.421. The molecule has 0 saturated carbocycles. The maximum absolute atomic E-state index is 9.78. The second-order valence-electron chi connectivity index (χ2n) is 2.95. The maximum atomic E-state index is 9.78. The standard InChI is InChI=1S/C7H15NOS/c9-7(3-6-10)1-4-8-5-2-7/h8-10H,1-6H2. The number of rotatable bonds is 2. The minimum atomic E-state index is -0.410. The third kappa shape index (κ3) is 2.15. The van der Waals surface area contributed by atoms with Crippen LogP contribution in [0.5, 0.6) is 0 Å². The van der Waals surface area contributed by atoms with Gasteiger partial charge in [-0.3, -0.25) is 0 Å². The van der Waals surface area contributed by atoms with Gasteiger partial charge in [0.25, 0.3) is 0 Å². The molecule has 0 radical (unpaired) electrons. The predicted molar refractivity (Wildman–Crippen MR) is 45.5 cm³/mol. The molecule has 0 unspecified atom stereocenters. The van der Waals surface area contributed by atoms with E-state index >= 15 is 0 Å². The Morgan fingerprint density at radius 3 is 2.50 bits per heavy atom. The van der Waals surface area contributed by atoms with Crippen molar-refractivity contribution in [2.45, 2.75) is 24.9 Å². The van der Waals surface area contributed by atoms with Crippen LogP contribution in [0.1, 0.15) is 19.3 Å². The first-order valence-electron chi connectivity index (χ1n) is 3.81. The van der Waals surface area contributed by atoms with E-state index in [1.807, 2.05) is 0 Å². The van der Waals surface area contributed by atoms with E-state index < -0.39 is 5.60 Å². The summed E-state index contributed by atoms with van der Waals surface area (Å²) in [6.45, 7) is 1.90. The Bertz CT molecular complexity index is 96.3. The van der Waals surface area contributed by atoms with Crippen LogP contribution in [0.15, 0.2) is 0 Å². The molecule has 0 aliphatic carbocycles. The van der Waals surface area contributed by atoms with Crippen LogP contribution >= 0.6 is 12.6 Å². The van der Waals surface area contributed by atoms with Gasteiger partial charge in [0.2, 0.25) is 0 Å². The van der Waals surface area contributed by atoms with E-state index in [9.17, 15) is 5.11 Å². The van der Waals surface area contributed by atoms with Crippen molar-refractivity contribution >= 4 is 12.6 Å². The molecule has 1 aliphatic rings. The molecule has 2 N–H and O–H groups in total. The summed E-state index contributed by atoms with van der Waals surface area (Å²) in [6.07, 6.45) is 2.60. The Morgan fingerprint density at radius 2 is 2.00 bits per heavy atom. The molecule has 1 saturated heterocycles. The molecular formula is C7H15NOS. The molecule has 1 heterocycles. The van der Waals surface area contributed by atoms with E-state index in [4.69, 9.17) is 0 Å². The largest absolute Gasteiger partial charge is 0.390 e. The van der Waals surface area contributed by atoms with Crippen LogP contribution in [0.4, 0.5) is 0 Å². The van der Waals surface area contributed by atoms with Crippen molar-refractivity contribution in [3.63, 3.8) is 0 Å². The number of nitrogens with one attached hydrogen (secondary N) is 1. The summed E-state index contributed by atoms with van der Waals surface area (Å²) < 4.78 is 0. The molecule has 1 rings (SSSR count). The zero-order valence-corrected chi connectivity index (χ0v) is 7.03. The normalized spacial score (nSPS) is 24.6. The van der Waals surface area contributed by atoms with Crippen molar-refractivity contribution in [3.8, 4) is 0 Å². The summed E-state index contributed by atoms with van der Waals surface area (Å²) in [5.41, 5.74) is -0.410. The number of aliphatic hydroxyl groups is 1. The first kappa shape index (κ1) is 8.37. The smallest absolute Gasteiger partial charge is 0.0679 e. The number of hydrogen-bond donors (Lipinski definition) is 3. The van der Waals surface area contributed by atoms with E-state index in [1.165, 1.54) is 0 Å². The van der Waals surface area contributed by atoms with Gasteiger partial charge in [0.15, 0.2) is 0 Å². The van der Waals surface area contributed by atoms with Gasteiger partial charge in [-0.25, -0.2) is 0 Å². The van der Waals surface area contributed by atoms with Gasteiger partial charge in [-0.05, 0) is 38.1 Å². The van der Waals surface area contributed by atoms with Crippen LogP contribution in [0.2, 0.25) is 0 Å². The Labute approximate surface area is 67.4 Å². The molecule has 10 heavy (non-hydrogen) atoms. The highest BCUT2D eigenvalue weighted by molar-refractivity contribution is 7.80. The zero-order valence-electron chi connectivity index (χ0n) is 6.14. The fraction of sp³-hybridized carbons (Fsp3) is 1.00. The van der Waals surface area contributed by atoms with Gasteiger partial charge in [0.1, 0.15) is 0 Å². The van der Waals surface area contributed by atoms with E-state index in [0.717, 1.165) is 38.1 Å². The zero-order chi connectivity index (χ0) is 7.45. The molecule has 1 aliphatic heterocycles. The molecule has 0 spiro atoms. The van der Waals surface area contributed by atoms with E-state index in [0.29, 0.717) is 0 Å². The summed E-state index contributed by atoms with van der Waals surface area (Å²) in [6, 6.07) is 0. The SMILES string of the molecule is OC1(CCS)CCNCC1. The minimum Gasteiger partial charge on any atom is -0.390 e. The fourth-order valence-corrected chi connectivity index (χ4v) is 1.77. The monoisotopic (exact) mass is 161 g/mol. The number of thiol groups is 1. The van der Waals surface area contributed by atoms with Crippen LogP contribution in [0, 0.1) is 0 Å². The van der Waals surface area contributed by atoms with Crippen molar-refractivity contribution in [2.75, 3.05) is 18.8 Å². The molecule has 1 fully saturated rings. The topological polar surface area (TPSA) is 32.3 Å². The van der Waals surface area contributed by atoms with Crippen molar-refractivity contribution in [2.24, 2.45) is 0 Å². The van der Waals surface area contributed by atoms with E-state index in [1.54, 1.807) is 0 Å². The van der Waals surface area contributed by atoms with Gasteiger partial charge in [0.05, 0.1) is 5.60 Å². The molecule has 3 heteroatoms. The van der Waals surface area contributed by atoms with Crippen LogP contribution < -0.4 is 5.32 Å². The number of hydrogen-bond acceptors (Lipinski definition) is 3. The van der Waals surface area contributed by atoms with Gasteiger partial charge in [-0.2, -0.15) is 12.6 Å². The second kappa shape index (κ2) is 3.60. The summed E-state index contributed by atoms with van der Waals surface area (Å²) in [7, 11) is 0. The summed E-state index contributed by atoms with van der Waals surface area (Å²) in [5.74, 6) is 0.788. The third-order valence-corrected chi connectivity index (χ3v) is 2.34. The van der Waals surface area contributed by atoms with Crippen LogP contribution in [0.3, 0.4) is 0 Å². The highest BCUT2D eigenvalue weighted by Crippen LogP contribution is 2.21. The average molecular weight is 161 g/mol. The van der Waals surface area contributed by atoms with Crippen molar-refractivity contribution < 1.29 is 5.11 Å². The Hall–Kier alpha value is 0.270. The lowest BCUT2D eigenvalue weighted by molar-refractivity contribution is 0.00817. The van der Waals surface area contributed by atoms with Crippen molar-refractivity contribution in [1.82, 2.24) is 5.32 Å². The van der Waals surface area contributed by atoms with Gasteiger partial charge in [-0.1, -0.05) is 0 Å². The lowest BCUT2D eigenvalue weighted by Crippen LogP contribution is -2.42. The Balaban J connectivity index is 2.32. The summed E-state index contributed by atoms with van der Waals surface area (Å²) >= 11 is 4.10. The Kier molecular flexibility index (Phi) is 3.01. The van der Waals surface area contributed by atoms with Crippen molar-refractivity contribution in [3.05, 3.63) is 0 Å². The molecule has 0 aromatic carbocycles. The minimum absolute atomic E-state index is 0.410. The lowest BCUT2D eigenvalue weighted by Gasteiger charge is -2.31. The average Bonchev–Trinajstić information content (AvgIpc) is 1.89. The third-order valence-electron chi connectivity index (χ3n) is 2.11. The molecule has 0 aromatic heterocycles. The Morgan fingerprint density at radius 1 is 1.40 bits per heavy atom. The molecule has 2 nitrogen and oxygen atoms in total. The first-order valence-corrected chi connectivity index (χ1v) is 4.44. The molecule has 60 valence electrons. The van der Waals surface area contributed by atoms with E-state index in [2.05, 4.69) is 17.9 Å². The molecule has 0 aromatic rings. The molecular weight excluding hydrogens is 146 g/mol. The maximum Gasteiger partial charge on any atom is 0.0679 e. The quantitative estimate of drug-likeness (QED) is 0.513. The number of piperidine rings is 1. The van der Waals surface area contributed by atoms with Crippen molar-refractivity contribution in [1.29, 1.82) is 0 Å². The fourth-order valence-electron chi connectivity index (χ4n) is 1.35. The summed E-state index contributed by atoms with van der Waals surface area (Å²) in [5, 5.41) is 13.0. The second-order valence-corrected chi connectivity index (χ2v) is 3.40. The van der Waals surface area contributed by atoms with Crippen LogP contribution in [-0.2, 0) is 0 Å². The van der Waals surface area contributed by atoms with Gasteiger partial charge in [0, 0.05) is 0 Å². The van der Waals surface area contributed by atoms with Gasteiger partial charge in [-0.15, -0.1) is 0 Å². The van der Waals surface area contributed by atoms with Crippen LogP contribution in [0.25, 0.3) is 0 Å². The highest BCUT2D eigenvalue weighted by Gasteiger charge is 2.27. The summed E-state index contributed by atoms with van der Waals surface area (Å²) in [4.78, 5) is 0. The highest BCUT2D eigenvalue weighted by atomic mass is 32.1. The van der Waals surface area contributed by atoms with E-state index in [-0.39, 0.29) is 0 Å². The molecule has 0 amide bonds. The first-order chi connectivity index (χ1) is 4.77. The molecule has 0 atom stereocenters. The van der Waals surface area contributed by atoms with Crippen LogP contribution in [-0.4, -0.2) is 29.5 Å². The molecule has 0 bridgehead atoms. The van der Waals surface area contributed by atoms with Gasteiger partial charge < -0.3 is 10.4 Å². The lowest BCUT2D eigenvalue weighted by atomic mass is 9.90.